The van der Waals surface area contributed by atoms with Crippen molar-refractivity contribution < 1.29 is 0 Å². The second-order valence-corrected chi connectivity index (χ2v) is 3.38. The summed E-state index contributed by atoms with van der Waals surface area (Å²) < 4.78 is 0.732. The highest BCUT2D eigenvalue weighted by Gasteiger charge is 2.02. The molecule has 0 atom stereocenters. The van der Waals surface area contributed by atoms with E-state index >= 15 is 0 Å². The molecule has 1 rings (SSSR count). The van der Waals surface area contributed by atoms with E-state index in [4.69, 9.17) is 5.26 Å². The molecule has 0 unspecified atom stereocenters. The summed E-state index contributed by atoms with van der Waals surface area (Å²) in [6.45, 7) is 0. The van der Waals surface area contributed by atoms with Crippen molar-refractivity contribution in [2.24, 2.45) is 0 Å². The first-order chi connectivity index (χ1) is 5.65. The lowest BCUT2D eigenvalue weighted by Gasteiger charge is -2.10. The molecule has 0 saturated heterocycles. The van der Waals surface area contributed by atoms with E-state index in [1.807, 2.05) is 19.0 Å². The quantitative estimate of drug-likeness (QED) is 0.732. The Labute approximate surface area is 79.8 Å². The number of hydrogen-bond acceptors (Lipinski definition) is 3. The predicted molar refractivity (Wildman–Crippen MR) is 51.0 cm³/mol. The van der Waals surface area contributed by atoms with Gasteiger partial charge in [0.25, 0.3) is 0 Å². The van der Waals surface area contributed by atoms with Crippen LogP contribution in [-0.4, -0.2) is 19.1 Å². The summed E-state index contributed by atoms with van der Waals surface area (Å²) in [7, 11) is 3.77. The van der Waals surface area contributed by atoms with Crippen molar-refractivity contribution in [2.75, 3.05) is 19.0 Å². The van der Waals surface area contributed by atoms with Gasteiger partial charge in [-0.05, 0) is 22.0 Å². The SMILES string of the molecule is CN(C)c1cc(C#N)c(Br)cn1. The number of nitriles is 1. The number of rotatable bonds is 1. The van der Waals surface area contributed by atoms with Crippen LogP contribution >= 0.6 is 15.9 Å². The van der Waals surface area contributed by atoms with Gasteiger partial charge in [0.2, 0.25) is 0 Å². The number of hydrogen-bond donors (Lipinski definition) is 0. The van der Waals surface area contributed by atoms with E-state index in [0.717, 1.165) is 10.3 Å². The third kappa shape index (κ3) is 1.74. The molecule has 0 saturated carbocycles. The Morgan fingerprint density at radius 1 is 1.58 bits per heavy atom. The fourth-order valence-corrected chi connectivity index (χ4v) is 1.06. The van der Waals surface area contributed by atoms with Gasteiger partial charge in [-0.1, -0.05) is 0 Å². The molecule has 0 radical (unpaired) electrons. The Morgan fingerprint density at radius 2 is 2.25 bits per heavy atom. The largest absolute Gasteiger partial charge is 0.363 e. The highest BCUT2D eigenvalue weighted by molar-refractivity contribution is 9.10. The molecule has 0 N–H and O–H groups in total. The van der Waals surface area contributed by atoms with Crippen LogP contribution in [0.1, 0.15) is 5.56 Å². The maximum atomic E-state index is 8.70. The van der Waals surface area contributed by atoms with Gasteiger partial charge in [0.05, 0.1) is 10.0 Å². The van der Waals surface area contributed by atoms with Gasteiger partial charge >= 0.3 is 0 Å². The Balaban J connectivity index is 3.16. The van der Waals surface area contributed by atoms with Crippen molar-refractivity contribution in [3.8, 4) is 6.07 Å². The molecule has 0 fully saturated rings. The van der Waals surface area contributed by atoms with Crippen LogP contribution in [0.4, 0.5) is 5.82 Å². The van der Waals surface area contributed by atoms with E-state index < -0.39 is 0 Å². The fraction of sp³-hybridized carbons (Fsp3) is 0.250. The van der Waals surface area contributed by atoms with Gasteiger partial charge in [-0.15, -0.1) is 0 Å². The fourth-order valence-electron chi connectivity index (χ4n) is 0.758. The standard InChI is InChI=1S/C8H8BrN3/c1-12(2)8-3-6(4-10)7(9)5-11-8/h3,5H,1-2H3. The minimum atomic E-state index is 0.605. The predicted octanol–water partition coefficient (Wildman–Crippen LogP) is 1.78. The third-order valence-corrected chi connectivity index (χ3v) is 2.05. The molecule has 0 spiro atoms. The molecule has 3 nitrogen and oxygen atoms in total. The normalized spacial score (nSPS) is 9.17. The van der Waals surface area contributed by atoms with Crippen molar-refractivity contribution in [3.63, 3.8) is 0 Å². The molecule has 0 aliphatic carbocycles. The lowest BCUT2D eigenvalue weighted by molar-refractivity contribution is 1.06. The molecule has 1 aromatic rings. The van der Waals surface area contributed by atoms with Crippen molar-refractivity contribution >= 4 is 21.7 Å². The summed E-state index contributed by atoms with van der Waals surface area (Å²) in [5.41, 5.74) is 0.605. The zero-order valence-corrected chi connectivity index (χ0v) is 8.46. The summed E-state index contributed by atoms with van der Waals surface area (Å²) in [6, 6.07) is 3.82. The van der Waals surface area contributed by atoms with E-state index in [-0.39, 0.29) is 0 Å². The van der Waals surface area contributed by atoms with Crippen LogP contribution in [0.15, 0.2) is 16.7 Å². The second kappa shape index (κ2) is 3.55. The van der Waals surface area contributed by atoms with Gasteiger partial charge in [0.1, 0.15) is 11.9 Å². The van der Waals surface area contributed by atoms with Crippen molar-refractivity contribution in [1.29, 1.82) is 5.26 Å². The Kier molecular flexibility index (Phi) is 2.66. The smallest absolute Gasteiger partial charge is 0.129 e. The molecular weight excluding hydrogens is 218 g/mol. The second-order valence-electron chi connectivity index (χ2n) is 2.53. The van der Waals surface area contributed by atoms with Gasteiger partial charge in [-0.25, -0.2) is 4.98 Å². The molecule has 0 aliphatic heterocycles. The van der Waals surface area contributed by atoms with E-state index in [9.17, 15) is 0 Å². The third-order valence-electron chi connectivity index (χ3n) is 1.42. The molecule has 0 aromatic carbocycles. The summed E-state index contributed by atoms with van der Waals surface area (Å²) in [6.07, 6.45) is 1.63. The van der Waals surface area contributed by atoms with E-state index in [1.54, 1.807) is 12.3 Å². The maximum Gasteiger partial charge on any atom is 0.129 e. The van der Waals surface area contributed by atoms with Crippen LogP contribution < -0.4 is 4.90 Å². The van der Waals surface area contributed by atoms with E-state index in [0.29, 0.717) is 5.56 Å². The average Bonchev–Trinajstić information content (AvgIpc) is 2.05. The minimum absolute atomic E-state index is 0.605. The highest BCUT2D eigenvalue weighted by Crippen LogP contribution is 2.18. The van der Waals surface area contributed by atoms with Gasteiger partial charge in [-0.3, -0.25) is 0 Å². The molecule has 0 amide bonds. The van der Waals surface area contributed by atoms with Crippen molar-refractivity contribution in [3.05, 3.63) is 22.3 Å². The van der Waals surface area contributed by atoms with Crippen LogP contribution in [0.5, 0.6) is 0 Å². The first-order valence-corrected chi connectivity index (χ1v) is 4.17. The summed E-state index contributed by atoms with van der Waals surface area (Å²) in [5, 5.41) is 8.70. The zero-order valence-electron chi connectivity index (χ0n) is 6.87. The van der Waals surface area contributed by atoms with Gasteiger partial charge < -0.3 is 4.90 Å². The van der Waals surface area contributed by atoms with Gasteiger partial charge in [-0.2, -0.15) is 5.26 Å². The van der Waals surface area contributed by atoms with Crippen LogP contribution in [0.3, 0.4) is 0 Å². The Bertz CT molecular complexity index is 328. The van der Waals surface area contributed by atoms with Crippen LogP contribution in [-0.2, 0) is 0 Å². The number of aromatic nitrogens is 1. The van der Waals surface area contributed by atoms with Gasteiger partial charge in [0.15, 0.2) is 0 Å². The van der Waals surface area contributed by atoms with Crippen molar-refractivity contribution in [1.82, 2.24) is 4.98 Å². The number of anilines is 1. The van der Waals surface area contributed by atoms with Crippen LogP contribution in [0.2, 0.25) is 0 Å². The molecule has 0 bridgehead atoms. The summed E-state index contributed by atoms with van der Waals surface area (Å²) in [5.74, 6) is 0.787. The van der Waals surface area contributed by atoms with Gasteiger partial charge in [0, 0.05) is 20.3 Å². The van der Waals surface area contributed by atoms with Crippen LogP contribution in [0.25, 0.3) is 0 Å². The van der Waals surface area contributed by atoms with E-state index in [2.05, 4.69) is 27.0 Å². The van der Waals surface area contributed by atoms with Crippen molar-refractivity contribution in [2.45, 2.75) is 0 Å². The topological polar surface area (TPSA) is 39.9 Å². The van der Waals surface area contributed by atoms with Crippen LogP contribution in [0, 0.1) is 11.3 Å². The lowest BCUT2D eigenvalue weighted by Crippen LogP contribution is -2.10. The molecule has 62 valence electrons. The minimum Gasteiger partial charge on any atom is -0.363 e. The molecule has 0 aliphatic rings. The summed E-state index contributed by atoms with van der Waals surface area (Å²) in [4.78, 5) is 5.97. The summed E-state index contributed by atoms with van der Waals surface area (Å²) >= 11 is 3.24. The number of nitrogens with zero attached hydrogens (tertiary/aromatic N) is 3. The monoisotopic (exact) mass is 225 g/mol. The molecule has 4 heteroatoms. The Morgan fingerprint density at radius 3 is 2.75 bits per heavy atom. The molecular formula is C8H8BrN3. The number of pyridine rings is 1. The lowest BCUT2D eigenvalue weighted by atomic mass is 10.3. The Hall–Kier alpha value is -1.08. The molecule has 1 heterocycles. The average molecular weight is 226 g/mol. The highest BCUT2D eigenvalue weighted by atomic mass is 79.9. The van der Waals surface area contributed by atoms with E-state index in [1.165, 1.54) is 0 Å². The zero-order chi connectivity index (χ0) is 9.14. The maximum absolute atomic E-state index is 8.70. The first kappa shape index (κ1) is 9.01. The molecule has 1 aromatic heterocycles. The molecule has 12 heavy (non-hydrogen) atoms. The first-order valence-electron chi connectivity index (χ1n) is 3.38. The number of halogens is 1.